The van der Waals surface area contributed by atoms with Crippen molar-refractivity contribution in [1.29, 1.82) is 0 Å². The Morgan fingerprint density at radius 1 is 1.18 bits per heavy atom. The van der Waals surface area contributed by atoms with E-state index in [2.05, 4.69) is 4.74 Å². The van der Waals surface area contributed by atoms with Crippen molar-refractivity contribution in [3.05, 3.63) is 0 Å². The normalized spacial score (nSPS) is 9.29. The maximum absolute atomic E-state index is 10.7. The second kappa shape index (κ2) is 21.2. The van der Waals surface area contributed by atoms with Crippen LogP contribution in [0.2, 0.25) is 0 Å². The van der Waals surface area contributed by atoms with E-state index in [-0.39, 0.29) is 144 Å². The fraction of sp³-hybridized carbons (Fsp3) is 0.714. The number of carbonyl (C=O) groups excluding carboxylic acids is 1. The summed E-state index contributed by atoms with van der Waals surface area (Å²) >= 11 is 0. The van der Waals surface area contributed by atoms with Crippen LogP contribution in [0, 0.1) is 0 Å². The summed E-state index contributed by atoms with van der Waals surface area (Å²) in [5.74, 6) is -1.69. The number of nitrogens with two attached hydrogens (primary N) is 1. The van der Waals surface area contributed by atoms with Crippen LogP contribution in [0.3, 0.4) is 0 Å². The molecule has 0 aromatic carbocycles. The number of rotatable bonds is 6. The first-order valence-corrected chi connectivity index (χ1v) is 3.82. The van der Waals surface area contributed by atoms with Gasteiger partial charge in [0.1, 0.15) is 12.6 Å². The van der Waals surface area contributed by atoms with Gasteiger partial charge in [0.15, 0.2) is 0 Å². The molecule has 4 N–H and O–H groups in total. The Kier molecular flexibility index (Phi) is 39.8. The van der Waals surface area contributed by atoms with E-state index in [1.807, 2.05) is 0 Å². The predicted octanol–water partition coefficient (Wildman–Crippen LogP) is -3.88. The Bertz CT molecular complexity index is 195. The third-order valence-electron chi connectivity index (χ3n) is 1.33. The van der Waals surface area contributed by atoms with Gasteiger partial charge >= 0.3 is 130 Å². The number of aliphatic carboxylic acids is 1. The molecule has 84 valence electrons. The standard InChI is InChI=1S/C7H13NO5.4Na.4H/c8-5(7(11)12)1-2-6(10)13-4-3-9;;;;;;;;/h5,9H,1-4,8H2,(H,11,12);;;;;;;;/t5-;;;;;;;;/m0......../s1. The average Bonchev–Trinajstić information content (AvgIpc) is 2.10. The van der Waals surface area contributed by atoms with Crippen LogP contribution in [-0.4, -0.2) is 160 Å². The number of carbonyl (C=O) groups is 2. The van der Waals surface area contributed by atoms with Crippen molar-refractivity contribution in [2.45, 2.75) is 18.9 Å². The summed E-state index contributed by atoms with van der Waals surface area (Å²) in [6.45, 7) is -0.308. The first-order chi connectivity index (χ1) is 6.07. The molecule has 10 heteroatoms. The number of carboxylic acids is 1. The van der Waals surface area contributed by atoms with E-state index in [0.29, 0.717) is 0 Å². The average molecular weight is 287 g/mol. The van der Waals surface area contributed by atoms with E-state index >= 15 is 0 Å². The Morgan fingerprint density at radius 3 is 2.00 bits per heavy atom. The van der Waals surface area contributed by atoms with Gasteiger partial charge in [0.05, 0.1) is 6.61 Å². The van der Waals surface area contributed by atoms with E-state index in [9.17, 15) is 9.59 Å². The summed E-state index contributed by atoms with van der Waals surface area (Å²) in [7, 11) is 0. The van der Waals surface area contributed by atoms with E-state index in [1.165, 1.54) is 0 Å². The number of hydrogen-bond acceptors (Lipinski definition) is 5. The monoisotopic (exact) mass is 287 g/mol. The summed E-state index contributed by atoms with van der Waals surface area (Å²) in [6.07, 6.45) is -0.00688. The van der Waals surface area contributed by atoms with E-state index in [4.69, 9.17) is 15.9 Å². The molecule has 17 heavy (non-hydrogen) atoms. The molecule has 0 saturated heterocycles. The molecule has 0 aromatic heterocycles. The van der Waals surface area contributed by atoms with Gasteiger partial charge in [0.2, 0.25) is 0 Å². The molecule has 0 aliphatic heterocycles. The fourth-order valence-corrected chi connectivity index (χ4v) is 0.628. The Balaban J connectivity index is -0.000000120. The molecule has 0 amide bonds. The van der Waals surface area contributed by atoms with Crippen molar-refractivity contribution in [3.8, 4) is 0 Å². The summed E-state index contributed by atoms with van der Waals surface area (Å²) in [6, 6.07) is -1.04. The van der Waals surface area contributed by atoms with Crippen LogP contribution in [0.4, 0.5) is 0 Å². The summed E-state index contributed by atoms with van der Waals surface area (Å²) in [4.78, 5) is 21.0. The number of aliphatic hydroxyl groups excluding tert-OH is 1. The molecule has 0 aliphatic rings. The van der Waals surface area contributed by atoms with Crippen LogP contribution in [0.25, 0.3) is 0 Å². The van der Waals surface area contributed by atoms with Crippen LogP contribution >= 0.6 is 0 Å². The number of esters is 1. The zero-order chi connectivity index (χ0) is 10.3. The van der Waals surface area contributed by atoms with Crippen molar-refractivity contribution in [3.63, 3.8) is 0 Å². The molecule has 0 heterocycles. The van der Waals surface area contributed by atoms with Gasteiger partial charge in [0.25, 0.3) is 0 Å². The minimum absolute atomic E-state index is 0. The van der Waals surface area contributed by atoms with Gasteiger partial charge in [-0.3, -0.25) is 9.59 Å². The Hall–Kier alpha value is 2.86. The third kappa shape index (κ3) is 21.3. The molecular formula is C7H17NNa4O5. The molecule has 0 fully saturated rings. The van der Waals surface area contributed by atoms with Crippen LogP contribution in [0.1, 0.15) is 12.8 Å². The zero-order valence-electron chi connectivity index (χ0n) is 7.10. The first-order valence-electron chi connectivity index (χ1n) is 3.82. The molecule has 0 aromatic rings. The summed E-state index contributed by atoms with van der Waals surface area (Å²) < 4.78 is 4.48. The van der Waals surface area contributed by atoms with Crippen LogP contribution in [0.5, 0.6) is 0 Å². The molecule has 6 nitrogen and oxygen atoms in total. The molecule has 0 aliphatic carbocycles. The van der Waals surface area contributed by atoms with Crippen molar-refractivity contribution in [2.75, 3.05) is 13.2 Å². The third-order valence-corrected chi connectivity index (χ3v) is 1.33. The van der Waals surface area contributed by atoms with Gasteiger partial charge in [-0.15, -0.1) is 0 Å². The quantitative estimate of drug-likeness (QED) is 0.340. The van der Waals surface area contributed by atoms with Gasteiger partial charge in [-0.05, 0) is 6.42 Å². The van der Waals surface area contributed by atoms with E-state index < -0.39 is 18.0 Å². The van der Waals surface area contributed by atoms with Crippen LogP contribution < -0.4 is 5.73 Å². The van der Waals surface area contributed by atoms with E-state index in [1.54, 1.807) is 0 Å². The van der Waals surface area contributed by atoms with Gasteiger partial charge in [-0.2, -0.15) is 0 Å². The number of hydrogen-bond donors (Lipinski definition) is 3. The fourth-order valence-electron chi connectivity index (χ4n) is 0.628. The molecule has 0 rings (SSSR count). The molecule has 0 radical (unpaired) electrons. The summed E-state index contributed by atoms with van der Waals surface area (Å²) in [5, 5.41) is 16.6. The van der Waals surface area contributed by atoms with Gasteiger partial charge in [-0.25, -0.2) is 0 Å². The van der Waals surface area contributed by atoms with E-state index in [0.717, 1.165) is 0 Å². The minimum atomic E-state index is -1.14. The molecule has 0 bridgehead atoms. The van der Waals surface area contributed by atoms with Crippen molar-refractivity contribution >= 4 is 130 Å². The molecule has 0 unspecified atom stereocenters. The van der Waals surface area contributed by atoms with Gasteiger partial charge in [-0.1, -0.05) is 0 Å². The second-order valence-corrected chi connectivity index (χ2v) is 2.43. The second-order valence-electron chi connectivity index (χ2n) is 2.43. The molecular weight excluding hydrogens is 270 g/mol. The molecule has 1 atom stereocenters. The molecule has 0 spiro atoms. The topological polar surface area (TPSA) is 110 Å². The van der Waals surface area contributed by atoms with Crippen molar-refractivity contribution in [2.24, 2.45) is 5.73 Å². The predicted molar refractivity (Wildman–Crippen MR) is 71.5 cm³/mol. The van der Waals surface area contributed by atoms with Crippen molar-refractivity contribution in [1.82, 2.24) is 0 Å². The Labute approximate surface area is 189 Å². The van der Waals surface area contributed by atoms with Crippen LogP contribution in [0.15, 0.2) is 0 Å². The van der Waals surface area contributed by atoms with Gasteiger partial charge in [0, 0.05) is 6.42 Å². The maximum atomic E-state index is 10.7. The number of carboxylic acid groups (broad SMARTS) is 1. The Morgan fingerprint density at radius 2 is 1.65 bits per heavy atom. The van der Waals surface area contributed by atoms with Crippen LogP contribution in [-0.2, 0) is 14.3 Å². The first kappa shape index (κ1) is 32.0. The zero-order valence-corrected chi connectivity index (χ0v) is 7.10. The number of ether oxygens (including phenoxy) is 1. The van der Waals surface area contributed by atoms with Gasteiger partial charge < -0.3 is 20.7 Å². The summed E-state index contributed by atoms with van der Waals surface area (Å²) in [5.41, 5.74) is 5.14. The molecule has 0 saturated carbocycles. The van der Waals surface area contributed by atoms with Crippen molar-refractivity contribution < 1.29 is 24.5 Å². The SMILES string of the molecule is N[C@@H](CCC(=O)OCCO)C(=O)O.[NaH].[NaH].[NaH].[NaH]. The number of aliphatic hydroxyl groups is 1.